The molecule has 0 spiro atoms. The smallest absolute Gasteiger partial charge is 0.203 e. The number of rotatable bonds is 8. The Bertz CT molecular complexity index is 778. The number of aromatic nitrogens is 3. The van der Waals surface area contributed by atoms with Gasteiger partial charge in [0.25, 0.3) is 0 Å². The molecule has 0 radical (unpaired) electrons. The maximum absolute atomic E-state index is 9.74. The zero-order valence-electron chi connectivity index (χ0n) is 16.0. The molecule has 1 aliphatic rings. The molecule has 0 aliphatic carbocycles. The number of quaternary nitrogens is 1. The number of piperidine rings is 1. The molecule has 7 heteroatoms. The van der Waals surface area contributed by atoms with Crippen LogP contribution < -0.4 is 4.90 Å². The van der Waals surface area contributed by atoms with Crippen molar-refractivity contribution in [3.05, 3.63) is 34.1 Å². The molecule has 1 saturated heterocycles. The lowest BCUT2D eigenvalue weighted by Crippen LogP contribution is -3.12. The van der Waals surface area contributed by atoms with Crippen LogP contribution in [0.3, 0.4) is 0 Å². The number of benzene rings is 1. The summed E-state index contributed by atoms with van der Waals surface area (Å²) in [5.74, 6) is 0.921. The van der Waals surface area contributed by atoms with Crippen LogP contribution in [-0.2, 0) is 13.2 Å². The van der Waals surface area contributed by atoms with Gasteiger partial charge in [-0.25, -0.2) is 0 Å². The molecular weight excluding hydrogens is 380 g/mol. The predicted octanol–water partition coefficient (Wildman–Crippen LogP) is 3.31. The average molecular weight is 410 g/mol. The molecule has 2 heterocycles. The fraction of sp³-hybridized carbons (Fsp3) is 0.600. The van der Waals surface area contributed by atoms with Crippen molar-refractivity contribution in [1.82, 2.24) is 14.3 Å². The lowest BCUT2D eigenvalue weighted by Gasteiger charge is -2.26. The van der Waals surface area contributed by atoms with Gasteiger partial charge in [0.05, 0.1) is 19.2 Å². The van der Waals surface area contributed by atoms with E-state index in [4.69, 9.17) is 28.9 Å². The first-order valence-corrected chi connectivity index (χ1v) is 10.8. The number of halogens is 1. The highest BCUT2D eigenvalue weighted by Crippen LogP contribution is 2.21. The monoisotopic (exact) mass is 409 g/mol. The van der Waals surface area contributed by atoms with E-state index in [0.29, 0.717) is 0 Å². The molecule has 27 heavy (non-hydrogen) atoms. The average Bonchev–Trinajstić information content (AvgIpc) is 2.97. The van der Waals surface area contributed by atoms with Crippen LogP contribution in [0.2, 0.25) is 5.02 Å². The molecule has 0 amide bonds. The third kappa shape index (κ3) is 5.41. The standard InChI is InChI=1S/C20H29ClN4OS/c1-2-3-4-5-12-24-19(16-6-8-17(21)9-7-16)22-25(20(24)27)15-23-13-10-18(26)11-14-23/h6-9,18,26H,2-5,10-15H2,1H3/p+1. The van der Waals surface area contributed by atoms with Crippen molar-refractivity contribution >= 4 is 23.8 Å². The highest BCUT2D eigenvalue weighted by molar-refractivity contribution is 7.71. The Morgan fingerprint density at radius 1 is 1.19 bits per heavy atom. The largest absolute Gasteiger partial charge is 0.393 e. The number of nitrogens with one attached hydrogen (secondary N) is 1. The Kier molecular flexibility index (Phi) is 7.47. The Morgan fingerprint density at radius 2 is 1.89 bits per heavy atom. The summed E-state index contributed by atoms with van der Waals surface area (Å²) in [6.45, 7) is 5.80. The first-order valence-electron chi connectivity index (χ1n) is 10.0. The van der Waals surface area contributed by atoms with Crippen molar-refractivity contribution in [2.24, 2.45) is 0 Å². The van der Waals surface area contributed by atoms with Gasteiger partial charge in [-0.15, -0.1) is 5.10 Å². The zero-order valence-corrected chi connectivity index (χ0v) is 17.6. The van der Waals surface area contributed by atoms with E-state index in [1.807, 2.05) is 28.9 Å². The van der Waals surface area contributed by atoms with E-state index < -0.39 is 0 Å². The second-order valence-electron chi connectivity index (χ2n) is 7.46. The summed E-state index contributed by atoms with van der Waals surface area (Å²) in [5, 5.41) is 15.3. The maximum Gasteiger partial charge on any atom is 0.203 e. The topological polar surface area (TPSA) is 47.4 Å². The third-order valence-electron chi connectivity index (χ3n) is 5.30. The van der Waals surface area contributed by atoms with E-state index in [1.165, 1.54) is 24.2 Å². The third-order valence-corrected chi connectivity index (χ3v) is 5.98. The van der Waals surface area contributed by atoms with Crippen molar-refractivity contribution in [1.29, 1.82) is 0 Å². The first-order chi connectivity index (χ1) is 13.1. The molecule has 2 aromatic rings. The quantitative estimate of drug-likeness (QED) is 0.519. The molecule has 1 aromatic heterocycles. The van der Waals surface area contributed by atoms with Crippen LogP contribution >= 0.6 is 23.8 Å². The van der Waals surface area contributed by atoms with Gasteiger partial charge in [-0.1, -0.05) is 37.8 Å². The molecular formula is C20H30ClN4OS+. The van der Waals surface area contributed by atoms with Crippen molar-refractivity contribution in [2.45, 2.75) is 64.8 Å². The second-order valence-corrected chi connectivity index (χ2v) is 8.27. The van der Waals surface area contributed by atoms with Gasteiger partial charge in [0.1, 0.15) is 0 Å². The van der Waals surface area contributed by atoms with Gasteiger partial charge in [-0.05, 0) is 42.9 Å². The fourth-order valence-corrected chi connectivity index (χ4v) is 4.04. The maximum atomic E-state index is 9.74. The lowest BCUT2D eigenvalue weighted by atomic mass is 10.1. The normalized spacial score (nSPS) is 20.1. The Hall–Kier alpha value is -1.21. The molecule has 148 valence electrons. The lowest BCUT2D eigenvalue weighted by molar-refractivity contribution is -0.929. The molecule has 5 nitrogen and oxygen atoms in total. The van der Waals surface area contributed by atoms with Crippen molar-refractivity contribution < 1.29 is 10.0 Å². The van der Waals surface area contributed by atoms with Gasteiger partial charge in [-0.3, -0.25) is 4.57 Å². The molecule has 1 fully saturated rings. The van der Waals surface area contributed by atoms with E-state index >= 15 is 0 Å². The van der Waals surface area contributed by atoms with E-state index in [9.17, 15) is 5.11 Å². The molecule has 1 aromatic carbocycles. The van der Waals surface area contributed by atoms with Gasteiger partial charge in [0, 0.05) is 30.0 Å². The number of hydrogen-bond donors (Lipinski definition) is 2. The predicted molar refractivity (Wildman–Crippen MR) is 112 cm³/mol. The molecule has 2 N–H and O–H groups in total. The van der Waals surface area contributed by atoms with Gasteiger partial charge in [0.15, 0.2) is 12.5 Å². The highest BCUT2D eigenvalue weighted by atomic mass is 35.5. The van der Waals surface area contributed by atoms with Crippen LogP contribution in [0.5, 0.6) is 0 Å². The fourth-order valence-electron chi connectivity index (χ4n) is 3.64. The van der Waals surface area contributed by atoms with Crippen LogP contribution in [0.1, 0.15) is 45.4 Å². The van der Waals surface area contributed by atoms with Crippen LogP contribution in [0.15, 0.2) is 24.3 Å². The van der Waals surface area contributed by atoms with Gasteiger partial charge < -0.3 is 10.0 Å². The molecule has 0 unspecified atom stereocenters. The van der Waals surface area contributed by atoms with E-state index in [0.717, 1.165) is 66.7 Å². The minimum Gasteiger partial charge on any atom is -0.393 e. The second kappa shape index (κ2) is 9.82. The van der Waals surface area contributed by atoms with Gasteiger partial charge in [-0.2, -0.15) is 4.68 Å². The SMILES string of the molecule is CCCCCCn1c(-c2ccc(Cl)cc2)nn(C[NH+]2CCC(O)CC2)c1=S. The number of likely N-dealkylation sites (tertiary alicyclic amines) is 1. The minimum atomic E-state index is -0.150. The van der Waals surface area contributed by atoms with Gasteiger partial charge >= 0.3 is 0 Å². The van der Waals surface area contributed by atoms with E-state index in [1.54, 1.807) is 0 Å². The van der Waals surface area contributed by atoms with E-state index in [2.05, 4.69) is 11.5 Å². The Labute approximate surface area is 171 Å². The van der Waals surface area contributed by atoms with Crippen LogP contribution in [0.25, 0.3) is 11.4 Å². The molecule has 0 atom stereocenters. The van der Waals surface area contributed by atoms with Crippen LogP contribution in [0, 0.1) is 4.77 Å². The Balaban J connectivity index is 1.83. The number of aliphatic hydroxyl groups excluding tert-OH is 1. The molecule has 3 rings (SSSR count). The summed E-state index contributed by atoms with van der Waals surface area (Å²) in [7, 11) is 0. The Morgan fingerprint density at radius 3 is 2.56 bits per heavy atom. The summed E-state index contributed by atoms with van der Waals surface area (Å²) >= 11 is 11.8. The van der Waals surface area contributed by atoms with Crippen LogP contribution in [-0.4, -0.2) is 38.6 Å². The highest BCUT2D eigenvalue weighted by Gasteiger charge is 2.22. The molecule has 1 aliphatic heterocycles. The van der Waals surface area contributed by atoms with Crippen molar-refractivity contribution in [3.63, 3.8) is 0 Å². The number of aliphatic hydroxyl groups is 1. The minimum absolute atomic E-state index is 0.150. The summed E-state index contributed by atoms with van der Waals surface area (Å²) in [6.07, 6.45) is 6.34. The summed E-state index contributed by atoms with van der Waals surface area (Å²) in [4.78, 5) is 1.43. The summed E-state index contributed by atoms with van der Waals surface area (Å²) in [5.41, 5.74) is 1.05. The number of nitrogens with zero attached hydrogens (tertiary/aromatic N) is 3. The van der Waals surface area contributed by atoms with Crippen LogP contribution in [0.4, 0.5) is 0 Å². The van der Waals surface area contributed by atoms with E-state index in [-0.39, 0.29) is 6.10 Å². The summed E-state index contributed by atoms with van der Waals surface area (Å²) < 4.78 is 4.92. The summed E-state index contributed by atoms with van der Waals surface area (Å²) in [6, 6.07) is 7.82. The van der Waals surface area contributed by atoms with Gasteiger partial charge in [0.2, 0.25) is 4.77 Å². The molecule has 0 bridgehead atoms. The van der Waals surface area contributed by atoms with Crippen molar-refractivity contribution in [3.8, 4) is 11.4 Å². The number of unbranched alkanes of at least 4 members (excludes halogenated alkanes) is 3. The van der Waals surface area contributed by atoms with Crippen molar-refractivity contribution in [2.75, 3.05) is 13.1 Å². The number of hydrogen-bond acceptors (Lipinski definition) is 3. The molecule has 0 saturated carbocycles. The first kappa shape index (κ1) is 20.5. The zero-order chi connectivity index (χ0) is 19.2.